The number of fused-ring (bicyclic) bond motifs is 1. The summed E-state index contributed by atoms with van der Waals surface area (Å²) in [7, 11) is 0. The van der Waals surface area contributed by atoms with Gasteiger partial charge in [0.25, 0.3) is 5.91 Å². The predicted octanol–water partition coefficient (Wildman–Crippen LogP) is 2.92. The molecule has 5 heteroatoms. The molecule has 1 aliphatic heterocycles. The maximum atomic E-state index is 12.1. The predicted molar refractivity (Wildman–Crippen MR) is 72.8 cm³/mol. The molecule has 0 spiro atoms. The average Bonchev–Trinajstić information content (AvgIpc) is 2.88. The van der Waals surface area contributed by atoms with E-state index in [9.17, 15) is 4.79 Å². The Kier molecular flexibility index (Phi) is 3.09. The molecule has 19 heavy (non-hydrogen) atoms. The second-order valence-electron chi connectivity index (χ2n) is 4.22. The van der Waals surface area contributed by atoms with Gasteiger partial charge < -0.3 is 10.1 Å². The molecule has 96 valence electrons. The summed E-state index contributed by atoms with van der Waals surface area (Å²) in [6.45, 7) is 0.675. The van der Waals surface area contributed by atoms with Crippen LogP contribution in [-0.4, -0.2) is 17.5 Å². The number of hydrogen-bond acceptors (Lipinski definition) is 3. The third-order valence-corrected chi connectivity index (χ3v) is 3.26. The van der Waals surface area contributed by atoms with Crippen molar-refractivity contribution in [2.24, 2.45) is 0 Å². The highest BCUT2D eigenvalue weighted by Gasteiger charge is 2.15. The first kappa shape index (κ1) is 12.0. The van der Waals surface area contributed by atoms with Crippen LogP contribution in [0.15, 0.2) is 36.5 Å². The number of aromatic nitrogens is 1. The van der Waals surface area contributed by atoms with Gasteiger partial charge in [0.1, 0.15) is 5.75 Å². The highest BCUT2D eigenvalue weighted by molar-refractivity contribution is 6.32. The number of benzene rings is 1. The van der Waals surface area contributed by atoms with Gasteiger partial charge in [-0.05, 0) is 35.9 Å². The summed E-state index contributed by atoms with van der Waals surface area (Å²) in [5.74, 6) is 0.653. The normalized spacial score (nSPS) is 12.7. The molecule has 2 heterocycles. The topological polar surface area (TPSA) is 51.2 Å². The summed E-state index contributed by atoms with van der Waals surface area (Å²) >= 11 is 5.90. The van der Waals surface area contributed by atoms with Gasteiger partial charge in [-0.1, -0.05) is 11.6 Å². The van der Waals surface area contributed by atoms with Crippen LogP contribution in [0.3, 0.4) is 0 Å². The van der Waals surface area contributed by atoms with Gasteiger partial charge in [-0.15, -0.1) is 0 Å². The van der Waals surface area contributed by atoms with Crippen molar-refractivity contribution in [1.29, 1.82) is 0 Å². The van der Waals surface area contributed by atoms with Crippen molar-refractivity contribution >= 4 is 23.2 Å². The fourth-order valence-corrected chi connectivity index (χ4v) is 2.17. The number of anilines is 1. The maximum Gasteiger partial charge on any atom is 0.255 e. The van der Waals surface area contributed by atoms with E-state index in [1.165, 1.54) is 0 Å². The van der Waals surface area contributed by atoms with Gasteiger partial charge in [0.05, 0.1) is 12.3 Å². The number of carbonyl (C=O) groups excluding carboxylic acids is 1. The maximum absolute atomic E-state index is 12.1. The molecule has 1 aromatic carbocycles. The van der Waals surface area contributed by atoms with E-state index in [2.05, 4.69) is 10.3 Å². The SMILES string of the molecule is O=C(Nc1cccnc1Cl)c1ccc2c(c1)CCO2. The summed E-state index contributed by atoms with van der Waals surface area (Å²) in [6.07, 6.45) is 2.41. The van der Waals surface area contributed by atoms with E-state index in [-0.39, 0.29) is 11.1 Å². The molecule has 0 unspecified atom stereocenters. The van der Waals surface area contributed by atoms with E-state index < -0.39 is 0 Å². The second-order valence-corrected chi connectivity index (χ2v) is 4.57. The third kappa shape index (κ3) is 2.39. The Morgan fingerprint density at radius 3 is 3.11 bits per heavy atom. The quantitative estimate of drug-likeness (QED) is 0.857. The molecule has 4 nitrogen and oxygen atoms in total. The van der Waals surface area contributed by atoms with Gasteiger partial charge >= 0.3 is 0 Å². The zero-order valence-electron chi connectivity index (χ0n) is 10.0. The van der Waals surface area contributed by atoms with Gasteiger partial charge in [0.15, 0.2) is 5.15 Å². The van der Waals surface area contributed by atoms with Crippen molar-refractivity contribution in [3.05, 3.63) is 52.8 Å². The van der Waals surface area contributed by atoms with Gasteiger partial charge in [0.2, 0.25) is 0 Å². The van der Waals surface area contributed by atoms with E-state index in [0.29, 0.717) is 17.9 Å². The summed E-state index contributed by atoms with van der Waals surface area (Å²) in [6, 6.07) is 8.84. The highest BCUT2D eigenvalue weighted by atomic mass is 35.5. The van der Waals surface area contributed by atoms with E-state index in [1.807, 2.05) is 12.1 Å². The smallest absolute Gasteiger partial charge is 0.255 e. The van der Waals surface area contributed by atoms with Crippen LogP contribution in [0.1, 0.15) is 15.9 Å². The monoisotopic (exact) mass is 274 g/mol. The molecule has 1 aromatic heterocycles. The van der Waals surface area contributed by atoms with Crippen LogP contribution < -0.4 is 10.1 Å². The standard InChI is InChI=1S/C14H11ClN2O2/c15-13-11(2-1-6-16-13)17-14(18)10-3-4-12-9(8-10)5-7-19-12/h1-4,6,8H,5,7H2,(H,17,18). The lowest BCUT2D eigenvalue weighted by Crippen LogP contribution is -2.12. The Morgan fingerprint density at radius 2 is 2.26 bits per heavy atom. The number of nitrogens with one attached hydrogen (secondary N) is 1. The number of nitrogens with zero attached hydrogens (tertiary/aromatic N) is 1. The minimum atomic E-state index is -0.204. The molecule has 1 N–H and O–H groups in total. The van der Waals surface area contributed by atoms with Crippen molar-refractivity contribution in [3.8, 4) is 5.75 Å². The van der Waals surface area contributed by atoms with E-state index in [0.717, 1.165) is 17.7 Å². The van der Waals surface area contributed by atoms with Crippen molar-refractivity contribution in [1.82, 2.24) is 4.98 Å². The molecule has 1 amide bonds. The number of rotatable bonds is 2. The zero-order valence-corrected chi connectivity index (χ0v) is 10.8. The minimum absolute atomic E-state index is 0.204. The summed E-state index contributed by atoms with van der Waals surface area (Å²) < 4.78 is 5.41. The molecule has 0 saturated heterocycles. The van der Waals surface area contributed by atoms with Crippen LogP contribution in [0.25, 0.3) is 0 Å². The Balaban J connectivity index is 1.83. The van der Waals surface area contributed by atoms with Crippen LogP contribution >= 0.6 is 11.6 Å². The first-order valence-electron chi connectivity index (χ1n) is 5.91. The lowest BCUT2D eigenvalue weighted by Gasteiger charge is -2.07. The molecule has 2 aromatic rings. The molecule has 0 aliphatic carbocycles. The lowest BCUT2D eigenvalue weighted by atomic mass is 10.1. The molecule has 0 fully saturated rings. The largest absolute Gasteiger partial charge is 0.493 e. The number of halogens is 1. The van der Waals surface area contributed by atoms with Crippen molar-refractivity contribution in [2.45, 2.75) is 6.42 Å². The number of carbonyl (C=O) groups is 1. The number of pyridine rings is 1. The Morgan fingerprint density at radius 1 is 1.37 bits per heavy atom. The molecular formula is C14H11ClN2O2. The molecule has 0 bridgehead atoms. The molecular weight excluding hydrogens is 264 g/mol. The van der Waals surface area contributed by atoms with Crippen molar-refractivity contribution in [2.75, 3.05) is 11.9 Å². The summed E-state index contributed by atoms with van der Waals surface area (Å²) in [5, 5.41) is 3.02. The molecule has 3 rings (SSSR count). The first-order valence-corrected chi connectivity index (χ1v) is 6.29. The zero-order chi connectivity index (χ0) is 13.2. The third-order valence-electron chi connectivity index (χ3n) is 2.96. The van der Waals surface area contributed by atoms with Crippen LogP contribution in [0.4, 0.5) is 5.69 Å². The van der Waals surface area contributed by atoms with E-state index >= 15 is 0 Å². The van der Waals surface area contributed by atoms with Crippen molar-refractivity contribution in [3.63, 3.8) is 0 Å². The first-order chi connectivity index (χ1) is 9.24. The van der Waals surface area contributed by atoms with Crippen LogP contribution in [-0.2, 0) is 6.42 Å². The van der Waals surface area contributed by atoms with Gasteiger partial charge in [0, 0.05) is 18.2 Å². The summed E-state index contributed by atoms with van der Waals surface area (Å²) in [4.78, 5) is 16.0. The molecule has 0 saturated carbocycles. The number of amides is 1. The second kappa shape index (κ2) is 4.90. The van der Waals surface area contributed by atoms with Crippen LogP contribution in [0.5, 0.6) is 5.75 Å². The number of hydrogen-bond donors (Lipinski definition) is 1. The Bertz CT molecular complexity index is 643. The molecule has 0 radical (unpaired) electrons. The van der Waals surface area contributed by atoms with Gasteiger partial charge in [-0.25, -0.2) is 4.98 Å². The summed E-state index contributed by atoms with van der Waals surface area (Å²) in [5.41, 5.74) is 2.15. The van der Waals surface area contributed by atoms with Crippen LogP contribution in [0, 0.1) is 0 Å². The van der Waals surface area contributed by atoms with Gasteiger partial charge in [-0.3, -0.25) is 4.79 Å². The van der Waals surface area contributed by atoms with Gasteiger partial charge in [-0.2, -0.15) is 0 Å². The fraction of sp³-hybridized carbons (Fsp3) is 0.143. The number of ether oxygens (including phenoxy) is 1. The highest BCUT2D eigenvalue weighted by Crippen LogP contribution is 2.26. The van der Waals surface area contributed by atoms with Crippen molar-refractivity contribution < 1.29 is 9.53 Å². The Hall–Kier alpha value is -2.07. The van der Waals surface area contributed by atoms with Crippen LogP contribution in [0.2, 0.25) is 5.15 Å². The fourth-order valence-electron chi connectivity index (χ4n) is 2.00. The van der Waals surface area contributed by atoms with E-state index in [1.54, 1.807) is 24.4 Å². The minimum Gasteiger partial charge on any atom is -0.493 e. The lowest BCUT2D eigenvalue weighted by molar-refractivity contribution is 0.102. The average molecular weight is 275 g/mol. The molecule has 1 aliphatic rings. The Labute approximate surface area is 115 Å². The van der Waals surface area contributed by atoms with E-state index in [4.69, 9.17) is 16.3 Å². The molecule has 0 atom stereocenters.